The van der Waals surface area contributed by atoms with E-state index in [0.717, 1.165) is 12.3 Å². The second-order valence-electron chi connectivity index (χ2n) is 3.84. The summed E-state index contributed by atoms with van der Waals surface area (Å²) in [5, 5.41) is 12.0. The Bertz CT molecular complexity index is 679. The lowest BCUT2D eigenvalue weighted by Crippen LogP contribution is -2.10. The van der Waals surface area contributed by atoms with E-state index in [2.05, 4.69) is 5.10 Å². The number of carboxylic acid groups (broad SMARTS) is 1. The lowest BCUT2D eigenvalue weighted by molar-refractivity contribution is -0.141. The van der Waals surface area contributed by atoms with E-state index in [1.807, 2.05) is 0 Å². The minimum absolute atomic E-state index is 0.332. The first-order valence-corrected chi connectivity index (χ1v) is 5.15. The molecule has 0 amide bonds. The summed E-state index contributed by atoms with van der Waals surface area (Å²) < 4.78 is 51.5. The van der Waals surface area contributed by atoms with Gasteiger partial charge in [0.05, 0.1) is 5.56 Å². The third-order valence-electron chi connectivity index (χ3n) is 2.48. The van der Waals surface area contributed by atoms with E-state index in [1.54, 1.807) is 0 Å². The number of alkyl halides is 3. The van der Waals surface area contributed by atoms with Crippen molar-refractivity contribution in [2.45, 2.75) is 6.18 Å². The molecule has 1 aromatic carbocycles. The lowest BCUT2D eigenvalue weighted by atomic mass is 10.1. The van der Waals surface area contributed by atoms with Gasteiger partial charge in [-0.15, -0.1) is 0 Å². The zero-order chi connectivity index (χ0) is 15.1. The number of nitrogens with two attached hydrogens (primary N) is 1. The molecule has 106 valence electrons. The Morgan fingerprint density at radius 1 is 1.35 bits per heavy atom. The van der Waals surface area contributed by atoms with Crippen molar-refractivity contribution in [3.05, 3.63) is 41.5 Å². The Hall–Kier alpha value is -2.58. The standard InChI is InChI=1S/C11H7F4N3O2/c12-6-4-7(16)5(10(19)20)3-8(6)18-2-1-9(17-18)11(13,14)15/h1-4H,16H2,(H,19,20). The SMILES string of the molecule is Nc1cc(F)c(-n2ccc(C(F)(F)F)n2)cc1C(=O)O. The van der Waals surface area contributed by atoms with Crippen molar-refractivity contribution in [2.24, 2.45) is 0 Å². The van der Waals surface area contributed by atoms with Crippen LogP contribution in [0, 0.1) is 5.82 Å². The van der Waals surface area contributed by atoms with Crippen LogP contribution in [0.15, 0.2) is 24.4 Å². The van der Waals surface area contributed by atoms with Gasteiger partial charge in [-0.05, 0) is 18.2 Å². The number of nitrogen functional groups attached to an aromatic ring is 1. The molecule has 2 rings (SSSR count). The van der Waals surface area contributed by atoms with Crippen LogP contribution in [-0.4, -0.2) is 20.9 Å². The number of aromatic carboxylic acids is 1. The molecule has 1 heterocycles. The molecule has 0 saturated heterocycles. The molecule has 0 atom stereocenters. The first-order valence-electron chi connectivity index (χ1n) is 5.15. The molecule has 0 aliphatic rings. The second-order valence-corrected chi connectivity index (χ2v) is 3.84. The molecule has 0 radical (unpaired) electrons. The summed E-state index contributed by atoms with van der Waals surface area (Å²) in [5.74, 6) is -2.41. The molecule has 3 N–H and O–H groups in total. The number of aromatic nitrogens is 2. The van der Waals surface area contributed by atoms with Gasteiger partial charge in [-0.1, -0.05) is 0 Å². The van der Waals surface area contributed by atoms with Crippen LogP contribution in [-0.2, 0) is 6.18 Å². The van der Waals surface area contributed by atoms with E-state index < -0.39 is 34.9 Å². The molecular formula is C11H7F4N3O2. The highest BCUT2D eigenvalue weighted by molar-refractivity contribution is 5.94. The minimum atomic E-state index is -4.68. The van der Waals surface area contributed by atoms with Crippen LogP contribution >= 0.6 is 0 Å². The number of carboxylic acids is 1. The number of rotatable bonds is 2. The Kier molecular flexibility index (Phi) is 3.12. The molecule has 0 saturated carbocycles. The van der Waals surface area contributed by atoms with Crippen molar-refractivity contribution in [2.75, 3.05) is 5.73 Å². The van der Waals surface area contributed by atoms with Crippen LogP contribution in [0.4, 0.5) is 23.2 Å². The fraction of sp³-hybridized carbons (Fsp3) is 0.0909. The van der Waals surface area contributed by atoms with Crippen molar-refractivity contribution in [3.8, 4) is 5.69 Å². The normalized spacial score (nSPS) is 11.6. The van der Waals surface area contributed by atoms with Crippen LogP contribution in [0.1, 0.15) is 16.1 Å². The summed E-state index contributed by atoms with van der Waals surface area (Å²) >= 11 is 0. The third-order valence-corrected chi connectivity index (χ3v) is 2.48. The summed E-state index contributed by atoms with van der Waals surface area (Å²) in [7, 11) is 0. The number of hydrogen-bond acceptors (Lipinski definition) is 3. The maximum atomic E-state index is 13.7. The molecule has 2 aromatic rings. The first-order chi connectivity index (χ1) is 9.20. The van der Waals surface area contributed by atoms with Crippen LogP contribution < -0.4 is 5.73 Å². The Morgan fingerprint density at radius 2 is 2.00 bits per heavy atom. The van der Waals surface area contributed by atoms with Crippen LogP contribution in [0.3, 0.4) is 0 Å². The molecule has 0 unspecified atom stereocenters. The molecule has 0 aliphatic heterocycles. The van der Waals surface area contributed by atoms with Crippen molar-refractivity contribution in [1.82, 2.24) is 9.78 Å². The predicted octanol–water partition coefficient (Wildman–Crippen LogP) is 2.31. The van der Waals surface area contributed by atoms with Crippen molar-refractivity contribution in [1.29, 1.82) is 0 Å². The maximum absolute atomic E-state index is 13.7. The fourth-order valence-corrected chi connectivity index (χ4v) is 1.55. The highest BCUT2D eigenvalue weighted by Crippen LogP contribution is 2.28. The zero-order valence-electron chi connectivity index (χ0n) is 9.65. The van der Waals surface area contributed by atoms with E-state index in [-0.39, 0.29) is 5.69 Å². The molecule has 20 heavy (non-hydrogen) atoms. The molecule has 1 aromatic heterocycles. The average molecular weight is 289 g/mol. The highest BCUT2D eigenvalue weighted by Gasteiger charge is 2.33. The second kappa shape index (κ2) is 4.51. The number of nitrogens with zero attached hydrogens (tertiary/aromatic N) is 2. The molecule has 0 bridgehead atoms. The Balaban J connectivity index is 2.55. The highest BCUT2D eigenvalue weighted by atomic mass is 19.4. The smallest absolute Gasteiger partial charge is 0.435 e. The van der Waals surface area contributed by atoms with E-state index in [9.17, 15) is 22.4 Å². The van der Waals surface area contributed by atoms with E-state index in [4.69, 9.17) is 10.8 Å². The van der Waals surface area contributed by atoms with Gasteiger partial charge in [0.2, 0.25) is 0 Å². The van der Waals surface area contributed by atoms with Gasteiger partial charge in [-0.3, -0.25) is 0 Å². The molecule has 5 nitrogen and oxygen atoms in total. The Morgan fingerprint density at radius 3 is 2.50 bits per heavy atom. The number of carbonyl (C=O) groups is 1. The fourth-order valence-electron chi connectivity index (χ4n) is 1.55. The van der Waals surface area contributed by atoms with Gasteiger partial charge in [0, 0.05) is 11.9 Å². The van der Waals surface area contributed by atoms with Crippen molar-refractivity contribution in [3.63, 3.8) is 0 Å². The van der Waals surface area contributed by atoms with Crippen LogP contribution in [0.5, 0.6) is 0 Å². The van der Waals surface area contributed by atoms with Gasteiger partial charge >= 0.3 is 12.1 Å². The average Bonchev–Trinajstić information content (AvgIpc) is 2.77. The van der Waals surface area contributed by atoms with Gasteiger partial charge in [-0.25, -0.2) is 13.9 Å². The summed E-state index contributed by atoms with van der Waals surface area (Å²) in [6, 6.07) is 2.18. The molecule has 0 fully saturated rings. The molecular weight excluding hydrogens is 282 g/mol. The maximum Gasteiger partial charge on any atom is 0.435 e. The zero-order valence-corrected chi connectivity index (χ0v) is 9.65. The quantitative estimate of drug-likeness (QED) is 0.656. The monoisotopic (exact) mass is 289 g/mol. The Labute approximate surface area is 109 Å². The van der Waals surface area contributed by atoms with Gasteiger partial charge < -0.3 is 10.8 Å². The third kappa shape index (κ3) is 2.42. The predicted molar refractivity (Wildman–Crippen MR) is 59.9 cm³/mol. The van der Waals surface area contributed by atoms with E-state index in [1.165, 1.54) is 0 Å². The molecule has 0 aliphatic carbocycles. The summed E-state index contributed by atoms with van der Waals surface area (Å²) in [5.41, 5.74) is 2.90. The minimum Gasteiger partial charge on any atom is -0.478 e. The molecule has 9 heteroatoms. The lowest BCUT2D eigenvalue weighted by Gasteiger charge is -2.07. The number of hydrogen-bond donors (Lipinski definition) is 2. The summed E-state index contributed by atoms with van der Waals surface area (Å²) in [6.07, 6.45) is -3.80. The van der Waals surface area contributed by atoms with Gasteiger partial charge in [0.25, 0.3) is 0 Å². The van der Waals surface area contributed by atoms with Gasteiger partial charge in [0.15, 0.2) is 11.5 Å². The van der Waals surface area contributed by atoms with Gasteiger partial charge in [-0.2, -0.15) is 18.3 Å². The topological polar surface area (TPSA) is 81.1 Å². The van der Waals surface area contributed by atoms with E-state index in [0.29, 0.717) is 16.8 Å². The van der Waals surface area contributed by atoms with Crippen LogP contribution in [0.2, 0.25) is 0 Å². The van der Waals surface area contributed by atoms with Crippen molar-refractivity contribution < 1.29 is 27.5 Å². The summed E-state index contributed by atoms with van der Waals surface area (Å²) in [4.78, 5) is 10.9. The van der Waals surface area contributed by atoms with Gasteiger partial charge in [0.1, 0.15) is 5.69 Å². The first kappa shape index (κ1) is 13.8. The number of halogens is 4. The van der Waals surface area contributed by atoms with Crippen LogP contribution in [0.25, 0.3) is 5.69 Å². The molecule has 0 spiro atoms. The largest absolute Gasteiger partial charge is 0.478 e. The van der Waals surface area contributed by atoms with Crippen molar-refractivity contribution >= 4 is 11.7 Å². The number of benzene rings is 1. The summed E-state index contributed by atoms with van der Waals surface area (Å²) in [6.45, 7) is 0. The number of anilines is 1. The van der Waals surface area contributed by atoms with E-state index >= 15 is 0 Å².